The highest BCUT2D eigenvalue weighted by Crippen LogP contribution is 2.35. The molecule has 45 heavy (non-hydrogen) atoms. The van der Waals surface area contributed by atoms with Gasteiger partial charge in [0.2, 0.25) is 0 Å². The zero-order valence-electron chi connectivity index (χ0n) is 25.1. The number of nitrogens with two attached hydrogens (primary N) is 2. The number of nitrogens with one attached hydrogen (secondary N) is 2. The lowest BCUT2D eigenvalue weighted by molar-refractivity contribution is -0.138. The van der Waals surface area contributed by atoms with Gasteiger partial charge in [-0.3, -0.25) is 14.5 Å². The topological polar surface area (TPSA) is 138 Å². The molecule has 0 radical (unpaired) electrons. The summed E-state index contributed by atoms with van der Waals surface area (Å²) in [5.74, 6) is -0.549. The molecule has 0 unspecified atom stereocenters. The second-order valence-electron chi connectivity index (χ2n) is 11.4. The van der Waals surface area contributed by atoms with E-state index in [0.717, 1.165) is 32.0 Å². The minimum Gasteiger partial charge on any atom is -0.497 e. The Morgan fingerprint density at radius 3 is 2.33 bits per heavy atom. The molecule has 238 valence electrons. The Kier molecular flexibility index (Phi) is 9.30. The molecule has 0 bridgehead atoms. The fourth-order valence-corrected chi connectivity index (χ4v) is 5.07. The molecule has 3 aromatic carbocycles. The Morgan fingerprint density at radius 1 is 0.978 bits per heavy atom. The van der Waals surface area contributed by atoms with Gasteiger partial charge in [0.05, 0.1) is 12.7 Å². The van der Waals surface area contributed by atoms with E-state index >= 15 is 0 Å². The molecule has 1 saturated heterocycles. The van der Waals surface area contributed by atoms with Crippen LogP contribution in [-0.4, -0.2) is 67.8 Å². The van der Waals surface area contributed by atoms with E-state index in [4.69, 9.17) is 16.2 Å². The normalized spacial score (nSPS) is 16.3. The van der Waals surface area contributed by atoms with Crippen molar-refractivity contribution in [1.82, 2.24) is 9.80 Å². The standard InChI is InChI=1S/C32H36F3N7O3/c1-41-9-11-42(12-10-41)18-20-5-6-22(16-27(20)32(33,34)35)39-31(44)21-13-24(15-25(14-21)45-2)38-23-7-8-26(28(36)17-23)29(37)40-30(43)19-3-4-19/h5-8,13-17,19,38H,3-4,9-12,18,36H2,1-2H3,(H,39,44)(H2,37,40,43). The number of nitrogen functional groups attached to an aromatic ring is 1. The Morgan fingerprint density at radius 2 is 1.69 bits per heavy atom. The van der Waals surface area contributed by atoms with Crippen LogP contribution in [0.2, 0.25) is 0 Å². The number of carbonyl (C=O) groups is 2. The van der Waals surface area contributed by atoms with Gasteiger partial charge in [-0.25, -0.2) is 0 Å². The van der Waals surface area contributed by atoms with Crippen molar-refractivity contribution in [3.8, 4) is 5.75 Å². The van der Waals surface area contributed by atoms with E-state index in [1.165, 1.54) is 25.3 Å². The fraction of sp³-hybridized carbons (Fsp3) is 0.344. The summed E-state index contributed by atoms with van der Waals surface area (Å²) >= 11 is 0. The number of aliphatic imine (C=N–C) groups is 1. The minimum atomic E-state index is -4.59. The van der Waals surface area contributed by atoms with E-state index in [9.17, 15) is 22.8 Å². The molecule has 6 N–H and O–H groups in total. The molecule has 3 aromatic rings. The maximum atomic E-state index is 14.0. The van der Waals surface area contributed by atoms with Crippen LogP contribution in [0.3, 0.4) is 0 Å². The lowest BCUT2D eigenvalue weighted by atomic mass is 10.0. The van der Waals surface area contributed by atoms with Gasteiger partial charge in [-0.15, -0.1) is 0 Å². The van der Waals surface area contributed by atoms with Gasteiger partial charge < -0.3 is 31.7 Å². The smallest absolute Gasteiger partial charge is 0.416 e. The monoisotopic (exact) mass is 623 g/mol. The van der Waals surface area contributed by atoms with Gasteiger partial charge in [-0.1, -0.05) is 6.07 Å². The number of hydrogen-bond donors (Lipinski definition) is 4. The number of likely N-dealkylation sites (N-methyl/N-ethyl adjacent to an activating group) is 1. The molecule has 13 heteroatoms. The number of hydrogen-bond acceptors (Lipinski definition) is 7. The molecule has 2 aliphatic rings. The summed E-state index contributed by atoms with van der Waals surface area (Å²) in [5, 5.41) is 5.74. The van der Waals surface area contributed by atoms with Crippen LogP contribution in [0, 0.1) is 5.92 Å². The summed E-state index contributed by atoms with van der Waals surface area (Å²) in [5.41, 5.74) is 13.5. The summed E-state index contributed by atoms with van der Waals surface area (Å²) in [6.07, 6.45) is -2.96. The number of amides is 2. The number of ether oxygens (including phenoxy) is 1. The van der Waals surface area contributed by atoms with Gasteiger partial charge in [0.1, 0.15) is 11.6 Å². The Hall–Kier alpha value is -4.62. The number of amidine groups is 1. The zero-order valence-corrected chi connectivity index (χ0v) is 25.1. The molecule has 1 aliphatic heterocycles. The molecular weight excluding hydrogens is 587 g/mol. The molecule has 10 nitrogen and oxygen atoms in total. The van der Waals surface area contributed by atoms with Gasteiger partial charge in [-0.2, -0.15) is 18.2 Å². The number of anilines is 4. The molecular formula is C32H36F3N7O3. The SMILES string of the molecule is COc1cc(Nc2ccc(C(N)=NC(=O)C3CC3)c(N)c2)cc(C(=O)Nc2ccc(CN3CCN(C)CC3)c(C(F)(F)F)c2)c1. The third-order valence-electron chi connectivity index (χ3n) is 7.84. The van der Waals surface area contributed by atoms with Crippen LogP contribution in [0.5, 0.6) is 5.75 Å². The second-order valence-corrected chi connectivity index (χ2v) is 11.4. The molecule has 1 aliphatic carbocycles. The minimum absolute atomic E-state index is 0.0227. The van der Waals surface area contributed by atoms with Crippen LogP contribution in [0.1, 0.15) is 39.9 Å². The predicted molar refractivity (Wildman–Crippen MR) is 168 cm³/mol. The fourth-order valence-electron chi connectivity index (χ4n) is 5.07. The van der Waals surface area contributed by atoms with E-state index in [0.29, 0.717) is 41.5 Å². The number of methoxy groups -OCH3 is 1. The average Bonchev–Trinajstić information content (AvgIpc) is 3.84. The van der Waals surface area contributed by atoms with E-state index in [1.54, 1.807) is 30.3 Å². The van der Waals surface area contributed by atoms with Gasteiger partial charge in [0, 0.05) is 78.6 Å². The second kappa shape index (κ2) is 13.2. The molecule has 0 aromatic heterocycles. The predicted octanol–water partition coefficient (Wildman–Crippen LogP) is 4.68. The number of halogens is 3. The number of rotatable bonds is 9. The van der Waals surface area contributed by atoms with Crippen LogP contribution in [0.4, 0.5) is 35.9 Å². The highest BCUT2D eigenvalue weighted by atomic mass is 19.4. The third-order valence-corrected chi connectivity index (χ3v) is 7.84. The van der Waals surface area contributed by atoms with Crippen molar-refractivity contribution in [2.75, 3.05) is 56.7 Å². The number of piperazine rings is 1. The van der Waals surface area contributed by atoms with Crippen LogP contribution in [0.15, 0.2) is 59.6 Å². The lowest BCUT2D eigenvalue weighted by Crippen LogP contribution is -2.44. The first kappa shape index (κ1) is 31.8. The van der Waals surface area contributed by atoms with E-state index in [2.05, 4.69) is 20.5 Å². The molecule has 1 saturated carbocycles. The van der Waals surface area contributed by atoms with Crippen LogP contribution in [0.25, 0.3) is 0 Å². The van der Waals surface area contributed by atoms with Crippen LogP contribution < -0.4 is 26.8 Å². The number of carbonyl (C=O) groups excluding carboxylic acids is 2. The Balaban J connectivity index is 1.32. The van der Waals surface area contributed by atoms with E-state index < -0.39 is 17.6 Å². The summed E-state index contributed by atoms with van der Waals surface area (Å²) in [6, 6.07) is 13.5. The largest absolute Gasteiger partial charge is 0.497 e. The molecule has 5 rings (SSSR count). The lowest BCUT2D eigenvalue weighted by Gasteiger charge is -2.33. The molecule has 0 spiro atoms. The summed E-state index contributed by atoms with van der Waals surface area (Å²) in [4.78, 5) is 33.3. The average molecular weight is 624 g/mol. The first-order chi connectivity index (χ1) is 21.4. The molecule has 0 atom stereocenters. The Bertz CT molecular complexity index is 1610. The zero-order chi connectivity index (χ0) is 32.3. The number of benzene rings is 3. The van der Waals surface area contributed by atoms with Crippen LogP contribution >= 0.6 is 0 Å². The highest BCUT2D eigenvalue weighted by Gasteiger charge is 2.34. The quantitative estimate of drug-likeness (QED) is 0.153. The summed E-state index contributed by atoms with van der Waals surface area (Å²) < 4.78 is 47.5. The number of nitrogens with zero attached hydrogens (tertiary/aromatic N) is 3. The van der Waals surface area contributed by atoms with Crippen molar-refractivity contribution in [3.63, 3.8) is 0 Å². The Labute approximate surface area is 259 Å². The van der Waals surface area contributed by atoms with Gasteiger partial charge >= 0.3 is 6.18 Å². The number of alkyl halides is 3. The van der Waals surface area contributed by atoms with E-state index in [1.807, 2.05) is 11.9 Å². The van der Waals surface area contributed by atoms with Gasteiger partial charge in [-0.05, 0) is 67.9 Å². The van der Waals surface area contributed by atoms with Gasteiger partial charge in [0.15, 0.2) is 0 Å². The summed E-state index contributed by atoms with van der Waals surface area (Å²) in [7, 11) is 3.42. The van der Waals surface area contributed by atoms with Crippen molar-refractivity contribution < 1.29 is 27.5 Å². The van der Waals surface area contributed by atoms with Crippen molar-refractivity contribution >= 4 is 40.4 Å². The van der Waals surface area contributed by atoms with Crippen molar-refractivity contribution in [2.24, 2.45) is 16.6 Å². The third kappa shape index (κ3) is 8.11. The van der Waals surface area contributed by atoms with Crippen molar-refractivity contribution in [1.29, 1.82) is 0 Å². The first-order valence-electron chi connectivity index (χ1n) is 14.6. The molecule has 2 fully saturated rings. The molecule has 1 heterocycles. The van der Waals surface area contributed by atoms with E-state index in [-0.39, 0.29) is 41.0 Å². The highest BCUT2D eigenvalue weighted by molar-refractivity contribution is 6.08. The van der Waals surface area contributed by atoms with Crippen molar-refractivity contribution in [3.05, 3.63) is 76.9 Å². The maximum absolute atomic E-state index is 14.0. The summed E-state index contributed by atoms with van der Waals surface area (Å²) in [6.45, 7) is 3.11. The van der Waals surface area contributed by atoms with Gasteiger partial charge in [0.25, 0.3) is 11.8 Å². The van der Waals surface area contributed by atoms with Crippen molar-refractivity contribution in [2.45, 2.75) is 25.6 Å². The first-order valence-corrected chi connectivity index (χ1v) is 14.6. The van der Waals surface area contributed by atoms with Crippen LogP contribution in [-0.2, 0) is 17.5 Å². The maximum Gasteiger partial charge on any atom is 0.416 e. The molecule has 2 amide bonds.